The van der Waals surface area contributed by atoms with Gasteiger partial charge in [-0.15, -0.1) is 0 Å². The largest absolute Gasteiger partial charge is 0.475 e. The summed E-state index contributed by atoms with van der Waals surface area (Å²) in [7, 11) is -2.32. The van der Waals surface area contributed by atoms with E-state index in [1.54, 1.807) is 40.0 Å². The van der Waals surface area contributed by atoms with Crippen LogP contribution in [0.2, 0.25) is 5.02 Å². The summed E-state index contributed by atoms with van der Waals surface area (Å²) in [4.78, 5) is 16.5. The number of anilines is 1. The van der Waals surface area contributed by atoms with Crippen molar-refractivity contribution in [3.05, 3.63) is 47.1 Å². The lowest BCUT2D eigenvalue weighted by Gasteiger charge is -2.21. The maximum atomic E-state index is 12.6. The third kappa shape index (κ3) is 6.97. The Morgan fingerprint density at radius 1 is 1.17 bits per heavy atom. The standard InChI is InChI=1S/C19H24ClN3O5S/c1-19(2,3)23-29(25,26)16-11-13(5-7-15(16)20)18(24)22-14-6-8-17(21-12-14)28-10-9-27-4/h5-8,11-12,23H,9-10H2,1-4H3,(H,22,24). The van der Waals surface area contributed by atoms with Crippen LogP contribution in [0.4, 0.5) is 5.69 Å². The van der Waals surface area contributed by atoms with Crippen molar-refractivity contribution in [2.24, 2.45) is 0 Å². The highest BCUT2D eigenvalue weighted by atomic mass is 35.5. The third-order valence-corrected chi connectivity index (χ3v) is 5.69. The van der Waals surface area contributed by atoms with Crippen LogP contribution in [0.25, 0.3) is 0 Å². The highest BCUT2D eigenvalue weighted by molar-refractivity contribution is 7.89. The zero-order chi connectivity index (χ0) is 21.7. The molecular formula is C19H24ClN3O5S. The van der Waals surface area contributed by atoms with Gasteiger partial charge in [-0.05, 0) is 45.0 Å². The van der Waals surface area contributed by atoms with E-state index in [0.29, 0.717) is 24.8 Å². The Bertz CT molecular complexity index is 957. The molecule has 10 heteroatoms. The number of nitrogens with zero attached hydrogens (tertiary/aromatic N) is 1. The summed E-state index contributed by atoms with van der Waals surface area (Å²) in [6.45, 7) is 5.94. The summed E-state index contributed by atoms with van der Waals surface area (Å²) in [6.07, 6.45) is 1.44. The molecule has 1 aromatic heterocycles. The normalized spacial score (nSPS) is 11.9. The van der Waals surface area contributed by atoms with Gasteiger partial charge in [-0.1, -0.05) is 11.6 Å². The average Bonchev–Trinajstić information content (AvgIpc) is 2.61. The van der Waals surface area contributed by atoms with Crippen LogP contribution < -0.4 is 14.8 Å². The highest BCUT2D eigenvalue weighted by Gasteiger charge is 2.25. The van der Waals surface area contributed by atoms with Crippen molar-refractivity contribution >= 4 is 33.2 Å². The summed E-state index contributed by atoms with van der Waals surface area (Å²) in [5, 5.41) is 2.68. The fourth-order valence-electron chi connectivity index (χ4n) is 2.28. The number of aromatic nitrogens is 1. The Balaban J connectivity index is 2.15. The van der Waals surface area contributed by atoms with E-state index in [9.17, 15) is 13.2 Å². The maximum Gasteiger partial charge on any atom is 0.255 e. The molecule has 0 aliphatic heterocycles. The van der Waals surface area contributed by atoms with E-state index in [1.807, 2.05) is 0 Å². The van der Waals surface area contributed by atoms with Crippen molar-refractivity contribution in [2.45, 2.75) is 31.2 Å². The number of carbonyl (C=O) groups is 1. The minimum absolute atomic E-state index is 0.0255. The quantitative estimate of drug-likeness (QED) is 0.609. The fraction of sp³-hybridized carbons (Fsp3) is 0.368. The van der Waals surface area contributed by atoms with E-state index < -0.39 is 21.5 Å². The SMILES string of the molecule is COCCOc1ccc(NC(=O)c2ccc(Cl)c(S(=O)(=O)NC(C)(C)C)c2)cn1. The number of ether oxygens (including phenoxy) is 2. The van der Waals surface area contributed by atoms with E-state index in [4.69, 9.17) is 21.1 Å². The molecule has 0 bridgehead atoms. The van der Waals surface area contributed by atoms with Gasteiger partial charge in [0.2, 0.25) is 15.9 Å². The van der Waals surface area contributed by atoms with Gasteiger partial charge >= 0.3 is 0 Å². The average molecular weight is 442 g/mol. The first-order chi connectivity index (χ1) is 13.5. The molecular weight excluding hydrogens is 418 g/mol. The van der Waals surface area contributed by atoms with Crippen molar-refractivity contribution in [3.63, 3.8) is 0 Å². The maximum absolute atomic E-state index is 12.6. The van der Waals surface area contributed by atoms with Gasteiger partial charge in [0.05, 0.1) is 23.5 Å². The zero-order valence-corrected chi connectivity index (χ0v) is 18.2. The number of methoxy groups -OCH3 is 1. The second kappa shape index (κ2) is 9.53. The summed E-state index contributed by atoms with van der Waals surface area (Å²) >= 11 is 6.06. The Morgan fingerprint density at radius 2 is 1.90 bits per heavy atom. The second-order valence-electron chi connectivity index (χ2n) is 7.18. The third-order valence-electron chi connectivity index (χ3n) is 3.46. The fourth-order valence-corrected chi connectivity index (χ4v) is 4.23. The number of benzene rings is 1. The number of sulfonamides is 1. The number of halogens is 1. The molecule has 1 heterocycles. The molecule has 0 aliphatic rings. The topological polar surface area (TPSA) is 107 Å². The van der Waals surface area contributed by atoms with Crippen molar-refractivity contribution in [2.75, 3.05) is 25.6 Å². The second-order valence-corrected chi connectivity index (χ2v) is 9.24. The molecule has 0 fully saturated rings. The molecule has 29 heavy (non-hydrogen) atoms. The molecule has 158 valence electrons. The lowest BCUT2D eigenvalue weighted by atomic mass is 10.1. The molecule has 2 rings (SSSR count). The first-order valence-electron chi connectivity index (χ1n) is 8.74. The van der Waals surface area contributed by atoms with Crippen molar-refractivity contribution in [1.29, 1.82) is 0 Å². The number of hydrogen-bond acceptors (Lipinski definition) is 6. The van der Waals surface area contributed by atoms with E-state index >= 15 is 0 Å². The van der Waals surface area contributed by atoms with Crippen molar-refractivity contribution in [1.82, 2.24) is 9.71 Å². The predicted octanol–water partition coefficient (Wildman–Crippen LogP) is 3.09. The van der Waals surface area contributed by atoms with Crippen LogP contribution in [-0.2, 0) is 14.8 Å². The van der Waals surface area contributed by atoms with Crippen molar-refractivity contribution in [3.8, 4) is 5.88 Å². The van der Waals surface area contributed by atoms with Gasteiger partial charge in [-0.25, -0.2) is 18.1 Å². The number of rotatable bonds is 8. The molecule has 2 aromatic rings. The highest BCUT2D eigenvalue weighted by Crippen LogP contribution is 2.24. The number of carbonyl (C=O) groups excluding carboxylic acids is 1. The summed E-state index contributed by atoms with van der Waals surface area (Å²) in [5.74, 6) is -0.100. The smallest absolute Gasteiger partial charge is 0.255 e. The summed E-state index contributed by atoms with van der Waals surface area (Å²) < 4.78 is 37.9. The van der Waals surface area contributed by atoms with Gasteiger partial charge < -0.3 is 14.8 Å². The van der Waals surface area contributed by atoms with Gasteiger partial charge in [0.1, 0.15) is 11.5 Å². The van der Waals surface area contributed by atoms with E-state index in [-0.39, 0.29) is 15.5 Å². The monoisotopic (exact) mass is 441 g/mol. The molecule has 1 aromatic carbocycles. The molecule has 0 saturated carbocycles. The first-order valence-corrected chi connectivity index (χ1v) is 10.6. The Morgan fingerprint density at radius 3 is 2.48 bits per heavy atom. The van der Waals surface area contributed by atoms with Crippen LogP contribution >= 0.6 is 11.6 Å². The molecule has 0 atom stereocenters. The number of nitrogens with one attached hydrogen (secondary N) is 2. The van der Waals surface area contributed by atoms with E-state index in [1.165, 1.54) is 24.4 Å². The van der Waals surface area contributed by atoms with Gasteiger partial charge in [-0.2, -0.15) is 0 Å². The Labute approximate surface area is 175 Å². The van der Waals surface area contributed by atoms with Gasteiger partial charge in [0.25, 0.3) is 5.91 Å². The van der Waals surface area contributed by atoms with Crippen LogP contribution in [0, 0.1) is 0 Å². The lowest BCUT2D eigenvalue weighted by molar-refractivity contribution is 0.102. The Kier molecular flexibility index (Phi) is 7.59. The minimum Gasteiger partial charge on any atom is -0.475 e. The predicted molar refractivity (Wildman–Crippen MR) is 111 cm³/mol. The van der Waals surface area contributed by atoms with Gasteiger partial charge in [0, 0.05) is 24.3 Å². The molecule has 8 nitrogen and oxygen atoms in total. The molecule has 1 amide bonds. The van der Waals surface area contributed by atoms with E-state index in [2.05, 4.69) is 15.0 Å². The van der Waals surface area contributed by atoms with Gasteiger partial charge in [-0.3, -0.25) is 4.79 Å². The van der Waals surface area contributed by atoms with Gasteiger partial charge in [0.15, 0.2) is 0 Å². The number of pyridine rings is 1. The van der Waals surface area contributed by atoms with Crippen molar-refractivity contribution < 1.29 is 22.7 Å². The first kappa shape index (κ1) is 23.1. The number of amides is 1. The molecule has 0 radical (unpaired) electrons. The lowest BCUT2D eigenvalue weighted by Crippen LogP contribution is -2.40. The molecule has 2 N–H and O–H groups in total. The molecule has 0 unspecified atom stereocenters. The van der Waals surface area contributed by atoms with Crippen LogP contribution in [0.1, 0.15) is 31.1 Å². The van der Waals surface area contributed by atoms with Crippen LogP contribution in [0.15, 0.2) is 41.4 Å². The summed E-state index contributed by atoms with van der Waals surface area (Å²) in [6, 6.07) is 7.29. The molecule has 0 aliphatic carbocycles. The van der Waals surface area contributed by atoms with E-state index in [0.717, 1.165) is 0 Å². The molecule has 0 spiro atoms. The zero-order valence-electron chi connectivity index (χ0n) is 16.7. The summed E-state index contributed by atoms with van der Waals surface area (Å²) in [5.41, 5.74) is -0.121. The Hall–Kier alpha value is -2.20. The molecule has 0 saturated heterocycles. The number of hydrogen-bond donors (Lipinski definition) is 2. The van der Waals surface area contributed by atoms with Crippen LogP contribution in [0.5, 0.6) is 5.88 Å². The van der Waals surface area contributed by atoms with Crippen LogP contribution in [-0.4, -0.2) is 45.2 Å². The van der Waals surface area contributed by atoms with Crippen LogP contribution in [0.3, 0.4) is 0 Å². The minimum atomic E-state index is -3.90.